The molecule has 0 unspecified atom stereocenters. The number of aromatic nitrogens is 4. The molecule has 0 fully saturated rings. The third-order valence-corrected chi connectivity index (χ3v) is 4.00. The van der Waals surface area contributed by atoms with Gasteiger partial charge in [0.05, 0.1) is 11.4 Å². The Bertz CT molecular complexity index is 1110. The van der Waals surface area contributed by atoms with Gasteiger partial charge >= 0.3 is 0 Å². The summed E-state index contributed by atoms with van der Waals surface area (Å²) < 4.78 is 3.26. The first-order chi connectivity index (χ1) is 12.2. The van der Waals surface area contributed by atoms with Gasteiger partial charge in [0.15, 0.2) is 5.65 Å². The molecule has 25 heavy (non-hydrogen) atoms. The van der Waals surface area contributed by atoms with Crippen LogP contribution in [-0.2, 0) is 0 Å². The maximum atomic E-state index is 12.6. The number of halogens is 1. The molecule has 0 N–H and O–H groups in total. The van der Waals surface area contributed by atoms with Gasteiger partial charge in [0.2, 0.25) is 0 Å². The van der Waals surface area contributed by atoms with Crippen molar-refractivity contribution in [3.63, 3.8) is 0 Å². The third kappa shape index (κ3) is 3.09. The van der Waals surface area contributed by atoms with Crippen LogP contribution in [0.25, 0.3) is 23.5 Å². The minimum atomic E-state index is -0.157. The highest BCUT2D eigenvalue weighted by Crippen LogP contribution is 2.14. The maximum Gasteiger partial charge on any atom is 0.273 e. The van der Waals surface area contributed by atoms with Crippen molar-refractivity contribution >= 4 is 29.4 Å². The molecule has 5 nitrogen and oxygen atoms in total. The lowest BCUT2D eigenvalue weighted by Crippen LogP contribution is -2.19. The van der Waals surface area contributed by atoms with Crippen molar-refractivity contribution in [3.05, 3.63) is 93.8 Å². The zero-order valence-corrected chi connectivity index (χ0v) is 13.8. The highest BCUT2D eigenvalue weighted by atomic mass is 35.5. The van der Waals surface area contributed by atoms with Crippen LogP contribution in [0.4, 0.5) is 0 Å². The van der Waals surface area contributed by atoms with E-state index in [2.05, 4.69) is 9.97 Å². The summed E-state index contributed by atoms with van der Waals surface area (Å²) in [7, 11) is 0. The van der Waals surface area contributed by atoms with Gasteiger partial charge in [-0.15, -0.1) is 0 Å². The summed E-state index contributed by atoms with van der Waals surface area (Å²) in [6.45, 7) is 0. The fourth-order valence-corrected chi connectivity index (χ4v) is 2.70. The molecule has 0 spiro atoms. The summed E-state index contributed by atoms with van der Waals surface area (Å²) in [5.74, 6) is 0. The van der Waals surface area contributed by atoms with Crippen LogP contribution in [0, 0.1) is 0 Å². The second kappa shape index (κ2) is 6.37. The van der Waals surface area contributed by atoms with Gasteiger partial charge < -0.3 is 0 Å². The highest BCUT2D eigenvalue weighted by Gasteiger charge is 2.07. The van der Waals surface area contributed by atoms with Crippen LogP contribution in [0.1, 0.15) is 11.3 Å². The van der Waals surface area contributed by atoms with E-state index in [1.54, 1.807) is 41.4 Å². The molecule has 1 aromatic carbocycles. The molecular weight excluding hydrogens is 336 g/mol. The number of fused-ring (bicyclic) bond motifs is 1. The number of hydrogen-bond acceptors (Lipinski definition) is 3. The van der Waals surface area contributed by atoms with Crippen LogP contribution in [0.5, 0.6) is 0 Å². The lowest BCUT2D eigenvalue weighted by atomic mass is 10.2. The van der Waals surface area contributed by atoms with Gasteiger partial charge in [0, 0.05) is 35.7 Å². The summed E-state index contributed by atoms with van der Waals surface area (Å²) in [6.07, 6.45) is 8.95. The molecule has 0 aliphatic carbocycles. The molecule has 0 aliphatic heterocycles. The second-order valence-electron chi connectivity index (χ2n) is 5.45. The molecular formula is C19H13ClN4O. The Hall–Kier alpha value is -3.18. The van der Waals surface area contributed by atoms with Crippen molar-refractivity contribution in [1.82, 2.24) is 19.2 Å². The number of benzene rings is 1. The summed E-state index contributed by atoms with van der Waals surface area (Å²) in [5.41, 5.74) is 2.80. The van der Waals surface area contributed by atoms with Crippen molar-refractivity contribution in [1.29, 1.82) is 0 Å². The Morgan fingerprint density at radius 3 is 2.64 bits per heavy atom. The maximum absolute atomic E-state index is 12.6. The molecule has 0 atom stereocenters. The molecule has 0 amide bonds. The molecule has 0 bridgehead atoms. The average Bonchev–Trinajstić information content (AvgIpc) is 3.06. The first kappa shape index (κ1) is 15.4. The number of rotatable bonds is 3. The largest absolute Gasteiger partial charge is 0.273 e. The summed E-state index contributed by atoms with van der Waals surface area (Å²) in [6, 6.07) is 14.4. The van der Waals surface area contributed by atoms with Crippen molar-refractivity contribution in [2.45, 2.75) is 0 Å². The Morgan fingerprint density at radius 2 is 1.88 bits per heavy atom. The van der Waals surface area contributed by atoms with Crippen molar-refractivity contribution in [2.24, 2.45) is 0 Å². The first-order valence-corrected chi connectivity index (χ1v) is 8.04. The van der Waals surface area contributed by atoms with E-state index in [4.69, 9.17) is 11.6 Å². The van der Waals surface area contributed by atoms with E-state index in [9.17, 15) is 4.79 Å². The number of hydrogen-bond donors (Lipinski definition) is 0. The first-order valence-electron chi connectivity index (χ1n) is 7.66. The zero-order chi connectivity index (χ0) is 17.2. The van der Waals surface area contributed by atoms with E-state index >= 15 is 0 Å². The second-order valence-corrected chi connectivity index (χ2v) is 5.88. The quantitative estimate of drug-likeness (QED) is 0.567. The van der Waals surface area contributed by atoms with Crippen LogP contribution in [0.15, 0.2) is 71.9 Å². The van der Waals surface area contributed by atoms with Gasteiger partial charge in [-0.3, -0.25) is 14.5 Å². The van der Waals surface area contributed by atoms with Crippen LogP contribution in [0.2, 0.25) is 5.02 Å². The molecule has 0 saturated carbocycles. The third-order valence-electron chi connectivity index (χ3n) is 3.74. The Balaban J connectivity index is 1.76. The molecule has 0 aliphatic rings. The minimum absolute atomic E-state index is 0.157. The monoisotopic (exact) mass is 348 g/mol. The van der Waals surface area contributed by atoms with Crippen LogP contribution in [-0.4, -0.2) is 19.2 Å². The summed E-state index contributed by atoms with van der Waals surface area (Å²) in [4.78, 5) is 21.1. The zero-order valence-electron chi connectivity index (χ0n) is 13.1. The smallest absolute Gasteiger partial charge is 0.267 e. The van der Waals surface area contributed by atoms with Gasteiger partial charge in [-0.2, -0.15) is 4.52 Å². The molecule has 3 aromatic heterocycles. The van der Waals surface area contributed by atoms with Crippen LogP contribution < -0.4 is 5.56 Å². The predicted octanol–water partition coefficient (Wildman–Crippen LogP) is 3.70. The Kier molecular flexibility index (Phi) is 3.91. The standard InChI is InChI=1S/C19H13ClN4O/c20-15-4-7-17(8-5-15)23-11-9-18-22-16(12-19(25)24(18)23)6-3-14-2-1-10-21-13-14/h1-13H. The highest BCUT2D eigenvalue weighted by molar-refractivity contribution is 6.30. The Morgan fingerprint density at radius 1 is 1.04 bits per heavy atom. The lowest BCUT2D eigenvalue weighted by molar-refractivity contribution is 0.763. The molecule has 4 rings (SSSR count). The fraction of sp³-hybridized carbons (Fsp3) is 0. The molecule has 0 radical (unpaired) electrons. The van der Waals surface area contributed by atoms with Crippen LogP contribution >= 0.6 is 11.6 Å². The van der Waals surface area contributed by atoms with Crippen molar-refractivity contribution in [3.8, 4) is 5.69 Å². The van der Waals surface area contributed by atoms with Gasteiger partial charge in [-0.05, 0) is 42.0 Å². The number of pyridine rings is 1. The SMILES string of the molecule is O=c1cc(C=Cc2cccnc2)nc2ccn(-c3ccc(Cl)cc3)n12. The molecule has 4 aromatic rings. The van der Waals surface area contributed by atoms with Crippen molar-refractivity contribution in [2.75, 3.05) is 0 Å². The summed E-state index contributed by atoms with van der Waals surface area (Å²) in [5, 5.41) is 0.647. The van der Waals surface area contributed by atoms with E-state index in [0.717, 1.165) is 11.3 Å². The van der Waals surface area contributed by atoms with Crippen molar-refractivity contribution < 1.29 is 0 Å². The molecule has 3 heterocycles. The van der Waals surface area contributed by atoms with E-state index in [1.807, 2.05) is 36.5 Å². The van der Waals surface area contributed by atoms with Gasteiger partial charge in [-0.1, -0.05) is 23.7 Å². The average molecular weight is 349 g/mol. The van der Waals surface area contributed by atoms with Gasteiger partial charge in [0.25, 0.3) is 5.56 Å². The minimum Gasteiger partial charge on any atom is -0.267 e. The number of nitrogens with zero attached hydrogens (tertiary/aromatic N) is 4. The normalized spacial score (nSPS) is 11.4. The molecule has 0 saturated heterocycles. The van der Waals surface area contributed by atoms with Gasteiger partial charge in [0.1, 0.15) is 0 Å². The predicted molar refractivity (Wildman–Crippen MR) is 99.0 cm³/mol. The van der Waals surface area contributed by atoms with Gasteiger partial charge in [-0.25, -0.2) is 4.98 Å². The lowest BCUT2D eigenvalue weighted by Gasteiger charge is -2.06. The summed E-state index contributed by atoms with van der Waals surface area (Å²) >= 11 is 5.93. The molecule has 122 valence electrons. The van der Waals surface area contributed by atoms with E-state index in [1.165, 1.54) is 10.6 Å². The molecule has 6 heteroatoms. The van der Waals surface area contributed by atoms with E-state index < -0.39 is 0 Å². The fourth-order valence-electron chi connectivity index (χ4n) is 2.58. The van der Waals surface area contributed by atoms with Crippen LogP contribution in [0.3, 0.4) is 0 Å². The van der Waals surface area contributed by atoms with E-state index in [-0.39, 0.29) is 5.56 Å². The topological polar surface area (TPSA) is 52.2 Å². The Labute approximate surface area is 148 Å². The van der Waals surface area contributed by atoms with E-state index in [0.29, 0.717) is 16.4 Å².